The van der Waals surface area contributed by atoms with Crippen molar-refractivity contribution in [2.24, 2.45) is 22.7 Å². The summed E-state index contributed by atoms with van der Waals surface area (Å²) in [7, 11) is 0. The fourth-order valence-electron chi connectivity index (χ4n) is 6.16. The van der Waals surface area contributed by atoms with E-state index in [0.717, 1.165) is 25.3 Å². The zero-order valence-electron chi connectivity index (χ0n) is 15.8. The molecule has 1 amide bonds. The van der Waals surface area contributed by atoms with E-state index in [4.69, 9.17) is 9.84 Å². The molecule has 1 aromatic rings. The number of hydrogen-bond acceptors (Lipinski definition) is 3. The summed E-state index contributed by atoms with van der Waals surface area (Å²) in [6.45, 7) is 4.70. The van der Waals surface area contributed by atoms with Gasteiger partial charge in [-0.1, -0.05) is 19.9 Å². The summed E-state index contributed by atoms with van der Waals surface area (Å²) in [5.41, 5.74) is 0.194. The summed E-state index contributed by atoms with van der Waals surface area (Å²) in [6.07, 6.45) is 2.39. The van der Waals surface area contributed by atoms with E-state index in [-0.39, 0.29) is 41.7 Å². The molecular formula is C21H27F2NO3. The fourth-order valence-corrected chi connectivity index (χ4v) is 6.16. The number of aliphatic hydroxyl groups excluding tert-OH is 1. The van der Waals surface area contributed by atoms with Crippen LogP contribution in [0.1, 0.15) is 51.2 Å². The largest absolute Gasteiger partial charge is 0.396 e. The van der Waals surface area contributed by atoms with Crippen LogP contribution in [0.5, 0.6) is 0 Å². The lowest BCUT2D eigenvalue weighted by Crippen LogP contribution is -2.59. The van der Waals surface area contributed by atoms with E-state index in [9.17, 15) is 13.6 Å². The topological polar surface area (TPSA) is 58.6 Å². The number of hydrogen-bond donors (Lipinski definition) is 2. The highest BCUT2D eigenvalue weighted by molar-refractivity contribution is 5.76. The van der Waals surface area contributed by atoms with Gasteiger partial charge in [-0.2, -0.15) is 0 Å². The van der Waals surface area contributed by atoms with Crippen LogP contribution in [0, 0.1) is 34.3 Å². The van der Waals surface area contributed by atoms with Gasteiger partial charge in [0.1, 0.15) is 11.6 Å². The first-order valence-electron chi connectivity index (χ1n) is 9.76. The molecule has 148 valence electrons. The number of amides is 1. The minimum absolute atomic E-state index is 0.0392. The molecule has 0 radical (unpaired) electrons. The maximum Gasteiger partial charge on any atom is 0.222 e. The molecule has 0 aromatic heterocycles. The Hall–Kier alpha value is -1.53. The fraction of sp³-hybridized carbons (Fsp3) is 0.667. The zero-order chi connectivity index (χ0) is 19.4. The Labute approximate surface area is 158 Å². The number of aliphatic hydroxyl groups is 1. The van der Waals surface area contributed by atoms with Crippen molar-refractivity contribution < 1.29 is 23.4 Å². The molecule has 3 fully saturated rings. The van der Waals surface area contributed by atoms with Gasteiger partial charge in [0.2, 0.25) is 5.91 Å². The Morgan fingerprint density at radius 1 is 1.37 bits per heavy atom. The van der Waals surface area contributed by atoms with Gasteiger partial charge in [-0.3, -0.25) is 4.79 Å². The van der Waals surface area contributed by atoms with E-state index in [1.54, 1.807) is 0 Å². The van der Waals surface area contributed by atoms with Crippen molar-refractivity contribution in [3.63, 3.8) is 0 Å². The third-order valence-electron chi connectivity index (χ3n) is 7.42. The van der Waals surface area contributed by atoms with Gasteiger partial charge in [-0.15, -0.1) is 0 Å². The first-order valence-corrected chi connectivity index (χ1v) is 9.76. The van der Waals surface area contributed by atoms with Crippen LogP contribution in [0.25, 0.3) is 0 Å². The number of fused-ring (bicyclic) bond motifs is 1. The molecular weight excluding hydrogens is 352 g/mol. The molecule has 1 spiro atoms. The van der Waals surface area contributed by atoms with Crippen molar-refractivity contribution in [2.45, 2.75) is 51.7 Å². The number of rotatable bonds is 4. The molecule has 1 unspecified atom stereocenters. The number of benzene rings is 1. The van der Waals surface area contributed by atoms with Crippen LogP contribution in [0.15, 0.2) is 18.2 Å². The Morgan fingerprint density at radius 3 is 2.85 bits per heavy atom. The normalized spacial score (nSPS) is 36.5. The van der Waals surface area contributed by atoms with Crippen LogP contribution < -0.4 is 5.32 Å². The summed E-state index contributed by atoms with van der Waals surface area (Å²) in [4.78, 5) is 12.3. The van der Waals surface area contributed by atoms with Crippen LogP contribution >= 0.6 is 0 Å². The average Bonchev–Trinajstić information content (AvgIpc) is 3.08. The standard InChI is InChI=1S/C21H27F2NO3/c1-20(2)12-9-15-18(14-4-3-13(22)10-16(14)23)27-8-6-21(15,11-12)19(20)24-17(26)5-7-25/h3-4,10,12,15,18-19,25H,5-9,11H2,1-2H3,(H,24,26)/t12-,15-,18-,19-,21?/m1/s1. The highest BCUT2D eigenvalue weighted by Gasteiger charge is 2.68. The maximum atomic E-state index is 14.5. The predicted octanol–water partition coefficient (Wildman–Crippen LogP) is 3.35. The first-order chi connectivity index (χ1) is 12.8. The van der Waals surface area contributed by atoms with Gasteiger partial charge in [-0.25, -0.2) is 8.78 Å². The molecule has 3 aliphatic rings. The van der Waals surface area contributed by atoms with Gasteiger partial charge in [0.05, 0.1) is 12.7 Å². The molecule has 4 nitrogen and oxygen atoms in total. The van der Waals surface area contributed by atoms with Crippen LogP contribution in [-0.2, 0) is 9.53 Å². The minimum atomic E-state index is -0.593. The quantitative estimate of drug-likeness (QED) is 0.844. The first kappa shape index (κ1) is 18.8. The second-order valence-electron chi connectivity index (χ2n) is 8.98. The Balaban J connectivity index is 1.68. The number of nitrogens with one attached hydrogen (secondary N) is 1. The monoisotopic (exact) mass is 379 g/mol. The Bertz CT molecular complexity index is 753. The molecule has 4 rings (SSSR count). The van der Waals surface area contributed by atoms with E-state index < -0.39 is 17.7 Å². The van der Waals surface area contributed by atoms with Crippen molar-refractivity contribution in [2.75, 3.05) is 13.2 Å². The second-order valence-corrected chi connectivity index (χ2v) is 8.98. The predicted molar refractivity (Wildman–Crippen MR) is 95.7 cm³/mol. The summed E-state index contributed by atoms with van der Waals surface area (Å²) in [6, 6.07) is 3.64. The van der Waals surface area contributed by atoms with Crippen molar-refractivity contribution in [3.8, 4) is 0 Å². The molecule has 1 saturated heterocycles. The van der Waals surface area contributed by atoms with Gasteiger partial charge < -0.3 is 15.2 Å². The van der Waals surface area contributed by atoms with Crippen molar-refractivity contribution >= 4 is 5.91 Å². The van der Waals surface area contributed by atoms with E-state index >= 15 is 0 Å². The second kappa shape index (κ2) is 6.52. The van der Waals surface area contributed by atoms with Gasteiger partial charge >= 0.3 is 0 Å². The lowest BCUT2D eigenvalue weighted by atomic mass is 9.58. The number of ether oxygens (including phenoxy) is 1. The van der Waals surface area contributed by atoms with E-state index in [2.05, 4.69) is 19.2 Å². The van der Waals surface area contributed by atoms with E-state index in [1.165, 1.54) is 12.1 Å². The SMILES string of the molecule is CC1(C)[C@@H]2C[C@@H]3[C@@H](c4ccc(F)cc4F)OCCC3(C2)[C@@H]1NC(=O)CCO. The van der Waals surface area contributed by atoms with Crippen molar-refractivity contribution in [1.82, 2.24) is 5.32 Å². The Kier molecular flexibility index (Phi) is 4.54. The molecule has 1 aliphatic heterocycles. The number of carbonyl (C=O) groups excluding carboxylic acids is 1. The maximum absolute atomic E-state index is 14.5. The Morgan fingerprint density at radius 2 is 2.15 bits per heavy atom. The summed E-state index contributed by atoms with van der Waals surface area (Å²) in [5.74, 6) is -0.810. The molecule has 6 heteroatoms. The molecule has 2 N–H and O–H groups in total. The molecule has 1 aromatic carbocycles. The lowest BCUT2D eigenvalue weighted by molar-refractivity contribution is -0.138. The summed E-state index contributed by atoms with van der Waals surface area (Å²) >= 11 is 0. The molecule has 2 saturated carbocycles. The van der Waals surface area contributed by atoms with Crippen molar-refractivity contribution in [1.29, 1.82) is 0 Å². The van der Waals surface area contributed by atoms with Crippen molar-refractivity contribution in [3.05, 3.63) is 35.4 Å². The molecule has 5 atom stereocenters. The molecule has 1 heterocycles. The van der Waals surface area contributed by atoms with Crippen LogP contribution in [0.3, 0.4) is 0 Å². The van der Waals surface area contributed by atoms with Crippen LogP contribution in [-0.4, -0.2) is 30.3 Å². The zero-order valence-corrected chi connectivity index (χ0v) is 15.8. The minimum Gasteiger partial charge on any atom is -0.396 e. The highest BCUT2D eigenvalue weighted by Crippen LogP contribution is 2.70. The summed E-state index contributed by atoms with van der Waals surface area (Å²) < 4.78 is 33.8. The lowest BCUT2D eigenvalue weighted by Gasteiger charge is -2.53. The summed E-state index contributed by atoms with van der Waals surface area (Å²) in [5, 5.41) is 12.3. The van der Waals surface area contributed by atoms with Crippen LogP contribution in [0.2, 0.25) is 0 Å². The highest BCUT2D eigenvalue weighted by atomic mass is 19.1. The smallest absolute Gasteiger partial charge is 0.222 e. The van der Waals surface area contributed by atoms with E-state index in [0.29, 0.717) is 18.1 Å². The molecule has 2 bridgehead atoms. The molecule has 27 heavy (non-hydrogen) atoms. The average molecular weight is 379 g/mol. The number of halogens is 2. The third-order valence-corrected chi connectivity index (χ3v) is 7.42. The molecule has 2 aliphatic carbocycles. The van der Waals surface area contributed by atoms with Gasteiger partial charge in [-0.05, 0) is 48.0 Å². The van der Waals surface area contributed by atoms with Gasteiger partial charge in [0.15, 0.2) is 0 Å². The van der Waals surface area contributed by atoms with Crippen LogP contribution in [0.4, 0.5) is 8.78 Å². The van der Waals surface area contributed by atoms with Gasteiger partial charge in [0, 0.05) is 30.7 Å². The third kappa shape index (κ3) is 2.80. The van der Waals surface area contributed by atoms with Gasteiger partial charge in [0.25, 0.3) is 0 Å². The number of carbonyl (C=O) groups is 1. The van der Waals surface area contributed by atoms with E-state index in [1.807, 2.05) is 0 Å².